The molecule has 1 aromatic rings. The van der Waals surface area contributed by atoms with Crippen molar-refractivity contribution in [3.63, 3.8) is 0 Å². The van der Waals surface area contributed by atoms with Crippen LogP contribution in [-0.2, 0) is 9.53 Å². The summed E-state index contributed by atoms with van der Waals surface area (Å²) in [6, 6.07) is 0.816. The number of alkyl halides is 2. The van der Waals surface area contributed by atoms with Gasteiger partial charge in [0, 0.05) is 10.0 Å². The molecule has 0 bridgehead atoms. The zero-order valence-electron chi connectivity index (χ0n) is 10.4. The highest BCUT2D eigenvalue weighted by Crippen LogP contribution is 2.38. The molecule has 0 heterocycles. The van der Waals surface area contributed by atoms with Crippen molar-refractivity contribution < 1.29 is 23.4 Å². The lowest BCUT2D eigenvalue weighted by Gasteiger charge is -2.23. The van der Waals surface area contributed by atoms with Crippen LogP contribution < -0.4 is 5.73 Å². The Balaban J connectivity index is 3.19. The molecule has 0 aliphatic heterocycles. The molecule has 1 aromatic carbocycles. The summed E-state index contributed by atoms with van der Waals surface area (Å²) in [5.74, 6) is -5.99. The van der Waals surface area contributed by atoms with Crippen molar-refractivity contribution in [1.29, 1.82) is 0 Å². The summed E-state index contributed by atoms with van der Waals surface area (Å²) in [7, 11) is 0. The molecule has 0 fully saturated rings. The van der Waals surface area contributed by atoms with Crippen LogP contribution in [0.3, 0.4) is 0 Å². The minimum Gasteiger partial charge on any atom is -0.507 e. The third-order valence-electron chi connectivity index (χ3n) is 2.57. The van der Waals surface area contributed by atoms with Crippen molar-refractivity contribution >= 4 is 21.9 Å². The van der Waals surface area contributed by atoms with Gasteiger partial charge in [-0.25, -0.2) is 4.79 Å². The molecule has 0 saturated heterocycles. The highest BCUT2D eigenvalue weighted by Gasteiger charge is 2.48. The van der Waals surface area contributed by atoms with E-state index in [-0.39, 0.29) is 17.9 Å². The molecular weight excluding hydrogens is 324 g/mol. The van der Waals surface area contributed by atoms with Crippen LogP contribution in [0.1, 0.15) is 24.1 Å². The maximum atomic E-state index is 13.8. The fourth-order valence-electron chi connectivity index (χ4n) is 1.55. The molecule has 1 atom stereocenters. The van der Waals surface area contributed by atoms with E-state index in [2.05, 4.69) is 20.7 Å². The SMILES string of the molecule is CCOC(=O)C(F)(F)[C@H](N)c1cc(Br)cc(C)c1O. The smallest absolute Gasteiger partial charge is 0.379 e. The average Bonchev–Trinajstić information content (AvgIpc) is 2.33. The predicted molar refractivity (Wildman–Crippen MR) is 69.1 cm³/mol. The monoisotopic (exact) mass is 337 g/mol. The van der Waals surface area contributed by atoms with Crippen LogP contribution in [0.4, 0.5) is 8.78 Å². The minimum atomic E-state index is -3.92. The maximum Gasteiger partial charge on any atom is 0.379 e. The summed E-state index contributed by atoms with van der Waals surface area (Å²) in [4.78, 5) is 11.2. The number of hydrogen-bond acceptors (Lipinski definition) is 4. The average molecular weight is 338 g/mol. The maximum absolute atomic E-state index is 13.8. The van der Waals surface area contributed by atoms with Crippen molar-refractivity contribution in [1.82, 2.24) is 0 Å². The summed E-state index contributed by atoms with van der Waals surface area (Å²) in [5.41, 5.74) is 5.57. The van der Waals surface area contributed by atoms with Gasteiger partial charge in [-0.2, -0.15) is 8.78 Å². The van der Waals surface area contributed by atoms with Gasteiger partial charge in [0.25, 0.3) is 0 Å². The van der Waals surface area contributed by atoms with Crippen molar-refractivity contribution in [2.45, 2.75) is 25.8 Å². The molecule has 1 rings (SSSR count). The van der Waals surface area contributed by atoms with Crippen LogP contribution in [0.25, 0.3) is 0 Å². The number of benzene rings is 1. The number of ether oxygens (including phenoxy) is 1. The molecule has 4 nitrogen and oxygen atoms in total. The van der Waals surface area contributed by atoms with Crippen LogP contribution in [-0.4, -0.2) is 23.6 Å². The molecule has 0 amide bonds. The van der Waals surface area contributed by atoms with Crippen molar-refractivity contribution in [2.24, 2.45) is 5.73 Å². The number of rotatable bonds is 4. The van der Waals surface area contributed by atoms with Gasteiger partial charge in [-0.3, -0.25) is 0 Å². The van der Waals surface area contributed by atoms with Crippen molar-refractivity contribution in [3.05, 3.63) is 27.7 Å². The van der Waals surface area contributed by atoms with Crippen molar-refractivity contribution in [2.75, 3.05) is 6.61 Å². The summed E-state index contributed by atoms with van der Waals surface area (Å²) in [5, 5.41) is 9.78. The Kier molecular flexibility index (Phi) is 4.86. The van der Waals surface area contributed by atoms with Crippen LogP contribution >= 0.6 is 15.9 Å². The predicted octanol–water partition coefficient (Wildman–Crippen LogP) is 2.66. The number of hydrogen-bond donors (Lipinski definition) is 2. The Morgan fingerprint density at radius 1 is 1.58 bits per heavy atom. The number of carbonyl (C=O) groups is 1. The molecule has 0 aliphatic rings. The number of carbonyl (C=O) groups excluding carboxylic acids is 1. The number of aromatic hydroxyl groups is 1. The van der Waals surface area contributed by atoms with E-state index >= 15 is 0 Å². The lowest BCUT2D eigenvalue weighted by Crippen LogP contribution is -2.41. The van der Waals surface area contributed by atoms with E-state index in [0.717, 1.165) is 0 Å². The summed E-state index contributed by atoms with van der Waals surface area (Å²) in [6.45, 7) is 2.78. The van der Waals surface area contributed by atoms with E-state index < -0.39 is 17.9 Å². The second-order valence-corrected chi connectivity index (χ2v) is 4.90. The molecule has 0 unspecified atom stereocenters. The first kappa shape index (κ1) is 15.8. The summed E-state index contributed by atoms with van der Waals surface area (Å²) >= 11 is 3.12. The molecular formula is C12H14BrF2NO3. The minimum absolute atomic E-state index is 0.176. The molecule has 0 radical (unpaired) electrons. The molecule has 106 valence electrons. The Hall–Kier alpha value is -1.21. The molecule has 0 spiro atoms. The first-order valence-corrected chi connectivity index (χ1v) is 6.30. The lowest BCUT2D eigenvalue weighted by atomic mass is 9.98. The zero-order valence-corrected chi connectivity index (χ0v) is 12.0. The molecule has 19 heavy (non-hydrogen) atoms. The number of aryl methyl sites for hydroxylation is 1. The molecule has 3 N–H and O–H groups in total. The van der Waals surface area contributed by atoms with Gasteiger partial charge >= 0.3 is 11.9 Å². The van der Waals surface area contributed by atoms with Crippen LogP contribution in [0.5, 0.6) is 5.75 Å². The highest BCUT2D eigenvalue weighted by atomic mass is 79.9. The standard InChI is InChI=1S/C12H14BrF2NO3/c1-3-19-11(18)12(14,15)10(16)8-5-7(13)4-6(2)9(8)17/h4-5,10,17H,3,16H2,1-2H3/t10-/m1/s1. The molecule has 0 aromatic heterocycles. The lowest BCUT2D eigenvalue weighted by molar-refractivity contribution is -0.174. The third kappa shape index (κ3) is 3.22. The van der Waals surface area contributed by atoms with Gasteiger partial charge < -0.3 is 15.6 Å². The van der Waals surface area contributed by atoms with Gasteiger partial charge in [-0.1, -0.05) is 15.9 Å². The van der Waals surface area contributed by atoms with E-state index in [1.54, 1.807) is 13.0 Å². The summed E-state index contributed by atoms with van der Waals surface area (Å²) in [6.07, 6.45) is 0. The van der Waals surface area contributed by atoms with Gasteiger partial charge in [0.15, 0.2) is 0 Å². The quantitative estimate of drug-likeness (QED) is 0.828. The fraction of sp³-hybridized carbons (Fsp3) is 0.417. The third-order valence-corrected chi connectivity index (χ3v) is 3.03. The Labute approximate surface area is 117 Å². The Bertz CT molecular complexity index is 494. The number of esters is 1. The first-order valence-electron chi connectivity index (χ1n) is 5.51. The van der Waals surface area contributed by atoms with E-state index in [9.17, 15) is 18.7 Å². The topological polar surface area (TPSA) is 72.5 Å². The van der Waals surface area contributed by atoms with Crippen LogP contribution in [0.2, 0.25) is 0 Å². The van der Waals surface area contributed by atoms with E-state index in [4.69, 9.17) is 5.73 Å². The van der Waals surface area contributed by atoms with Gasteiger partial charge in [-0.05, 0) is 31.5 Å². The zero-order chi connectivity index (χ0) is 14.8. The van der Waals surface area contributed by atoms with E-state index in [0.29, 0.717) is 10.0 Å². The van der Waals surface area contributed by atoms with E-state index in [1.165, 1.54) is 13.0 Å². The number of phenols is 1. The largest absolute Gasteiger partial charge is 0.507 e. The summed E-state index contributed by atoms with van der Waals surface area (Å²) < 4.78 is 32.4. The Morgan fingerprint density at radius 3 is 2.68 bits per heavy atom. The van der Waals surface area contributed by atoms with Crippen LogP contribution in [0, 0.1) is 6.92 Å². The van der Waals surface area contributed by atoms with Crippen molar-refractivity contribution in [3.8, 4) is 5.75 Å². The van der Waals surface area contributed by atoms with Crippen LogP contribution in [0.15, 0.2) is 16.6 Å². The van der Waals surface area contributed by atoms with E-state index in [1.807, 2.05) is 0 Å². The van der Waals surface area contributed by atoms with Gasteiger partial charge in [-0.15, -0.1) is 0 Å². The highest BCUT2D eigenvalue weighted by molar-refractivity contribution is 9.10. The second-order valence-electron chi connectivity index (χ2n) is 3.98. The molecule has 0 aliphatic carbocycles. The Morgan fingerprint density at radius 2 is 2.16 bits per heavy atom. The number of phenolic OH excluding ortho intramolecular Hbond substituents is 1. The fourth-order valence-corrected chi connectivity index (χ4v) is 2.14. The second kappa shape index (κ2) is 5.83. The van der Waals surface area contributed by atoms with Gasteiger partial charge in [0.1, 0.15) is 11.8 Å². The normalized spacial score (nSPS) is 13.2. The number of halogens is 3. The molecule has 0 saturated carbocycles. The molecule has 7 heteroatoms. The first-order chi connectivity index (χ1) is 8.71. The van der Waals surface area contributed by atoms with Gasteiger partial charge in [0.05, 0.1) is 6.61 Å². The number of nitrogens with two attached hydrogens (primary N) is 1. The van der Waals surface area contributed by atoms with Gasteiger partial charge in [0.2, 0.25) is 0 Å².